The Labute approximate surface area is 163 Å². The molecule has 0 saturated heterocycles. The zero-order valence-corrected chi connectivity index (χ0v) is 17.0. The molecule has 2 aromatic carbocycles. The van der Waals surface area contributed by atoms with Crippen molar-refractivity contribution < 1.29 is 26.4 Å². The highest BCUT2D eigenvalue weighted by atomic mass is 32.3. The highest BCUT2D eigenvalue weighted by molar-refractivity contribution is 8.04. The number of amides is 2. The normalized spacial score (nSPS) is 11.9. The molecule has 2 aromatic rings. The fourth-order valence-corrected chi connectivity index (χ4v) is 5.36. The molecule has 0 unspecified atom stereocenters. The summed E-state index contributed by atoms with van der Waals surface area (Å²) in [6, 6.07) is 10.2. The van der Waals surface area contributed by atoms with Crippen LogP contribution in [0.1, 0.15) is 13.8 Å². The van der Waals surface area contributed by atoms with Crippen LogP contribution in [0.15, 0.2) is 58.3 Å². The van der Waals surface area contributed by atoms with E-state index in [1.165, 1.54) is 62.4 Å². The Morgan fingerprint density at radius 2 is 0.964 bits per heavy atom. The van der Waals surface area contributed by atoms with Crippen LogP contribution in [0.25, 0.3) is 0 Å². The summed E-state index contributed by atoms with van der Waals surface area (Å²) < 4.78 is 51.1. The number of anilines is 2. The summed E-state index contributed by atoms with van der Waals surface area (Å²) in [5, 5.41) is 4.98. The highest BCUT2D eigenvalue weighted by Crippen LogP contribution is 2.24. The minimum atomic E-state index is -4.36. The fraction of sp³-hybridized carbons (Fsp3) is 0.176. The van der Waals surface area contributed by atoms with Gasteiger partial charge in [0.15, 0.2) is 0 Å². The molecule has 2 amide bonds. The van der Waals surface area contributed by atoms with E-state index in [9.17, 15) is 26.4 Å². The summed E-state index contributed by atoms with van der Waals surface area (Å²) in [5.74, 6) is -0.643. The summed E-state index contributed by atoms with van der Waals surface area (Å²) in [6.45, 7) is 2.62. The summed E-state index contributed by atoms with van der Waals surface area (Å²) in [5.41, 5.74) is 0.760. The molecule has 0 bridgehead atoms. The standard InChI is InChI=1S/C17H19N3O6S2/c1-12(21)18-14-4-8-16(9-5-14)27(23,24)20(3)28(25,26)17-10-6-15(7-11-17)19-13(2)22/h4-11H,1-3H3,(H,18,21)(H,19,22). The van der Waals surface area contributed by atoms with Gasteiger partial charge >= 0.3 is 0 Å². The summed E-state index contributed by atoms with van der Waals surface area (Å²) in [4.78, 5) is 21.6. The molecule has 2 rings (SSSR count). The number of rotatable bonds is 6. The topological polar surface area (TPSA) is 130 Å². The predicted octanol–water partition coefficient (Wildman–Crippen LogP) is 1.61. The summed E-state index contributed by atoms with van der Waals surface area (Å²) >= 11 is 0. The predicted molar refractivity (Wildman–Crippen MR) is 104 cm³/mol. The summed E-state index contributed by atoms with van der Waals surface area (Å²) in [6.07, 6.45) is 0. The monoisotopic (exact) mass is 425 g/mol. The van der Waals surface area contributed by atoms with Crippen molar-refractivity contribution in [2.24, 2.45) is 0 Å². The third-order valence-electron chi connectivity index (χ3n) is 3.62. The van der Waals surface area contributed by atoms with Gasteiger partial charge in [-0.25, -0.2) is 16.8 Å². The van der Waals surface area contributed by atoms with Crippen LogP contribution in [-0.2, 0) is 29.6 Å². The van der Waals surface area contributed by atoms with E-state index in [0.717, 1.165) is 7.05 Å². The fourth-order valence-electron chi connectivity index (χ4n) is 2.25. The van der Waals surface area contributed by atoms with E-state index in [4.69, 9.17) is 0 Å². The molecule has 0 saturated carbocycles. The molecule has 2 N–H and O–H groups in total. The molecule has 11 heteroatoms. The van der Waals surface area contributed by atoms with Gasteiger partial charge in [0.1, 0.15) is 0 Å². The molecular weight excluding hydrogens is 406 g/mol. The lowest BCUT2D eigenvalue weighted by Crippen LogP contribution is -2.33. The third-order valence-corrected chi connectivity index (χ3v) is 7.89. The number of carbonyl (C=O) groups excluding carboxylic acids is 2. The molecule has 0 aromatic heterocycles. The van der Waals surface area contributed by atoms with Gasteiger partial charge in [-0.2, -0.15) is 0 Å². The molecule has 0 aliphatic carbocycles. The van der Waals surface area contributed by atoms with Gasteiger partial charge < -0.3 is 10.6 Å². The second-order valence-electron chi connectivity index (χ2n) is 5.80. The molecule has 0 aliphatic rings. The summed E-state index contributed by atoms with van der Waals surface area (Å²) in [7, 11) is -7.77. The number of sulfonamides is 2. The molecule has 0 radical (unpaired) electrons. The molecular formula is C17H19N3O6S2. The van der Waals surface area contributed by atoms with Gasteiger partial charge in [0.05, 0.1) is 9.79 Å². The van der Waals surface area contributed by atoms with E-state index in [2.05, 4.69) is 10.6 Å². The molecule has 9 nitrogen and oxygen atoms in total. The smallest absolute Gasteiger partial charge is 0.256 e. The molecule has 0 atom stereocenters. The average molecular weight is 425 g/mol. The van der Waals surface area contributed by atoms with Crippen molar-refractivity contribution >= 4 is 43.2 Å². The van der Waals surface area contributed by atoms with E-state index in [-0.39, 0.29) is 25.3 Å². The number of nitrogens with one attached hydrogen (secondary N) is 2. The molecule has 0 spiro atoms. The van der Waals surface area contributed by atoms with Crippen LogP contribution in [0.5, 0.6) is 0 Å². The number of hydrogen-bond acceptors (Lipinski definition) is 6. The van der Waals surface area contributed by atoms with Crippen LogP contribution in [0.4, 0.5) is 11.4 Å². The maximum absolute atomic E-state index is 12.7. The molecule has 0 fully saturated rings. The number of carbonyl (C=O) groups is 2. The molecule has 0 aliphatic heterocycles. The molecule has 150 valence electrons. The van der Waals surface area contributed by atoms with Crippen LogP contribution in [-0.4, -0.2) is 39.4 Å². The van der Waals surface area contributed by atoms with Crippen LogP contribution in [0, 0.1) is 0 Å². The average Bonchev–Trinajstić information content (AvgIpc) is 2.61. The Morgan fingerprint density at radius 1 is 0.679 bits per heavy atom. The minimum Gasteiger partial charge on any atom is -0.326 e. The highest BCUT2D eigenvalue weighted by Gasteiger charge is 2.33. The van der Waals surface area contributed by atoms with Crippen molar-refractivity contribution in [1.29, 1.82) is 0 Å². The Bertz CT molecular complexity index is 1000. The zero-order valence-electron chi connectivity index (χ0n) is 15.3. The Balaban J connectivity index is 2.32. The van der Waals surface area contributed by atoms with Crippen molar-refractivity contribution in [2.45, 2.75) is 23.6 Å². The van der Waals surface area contributed by atoms with Crippen LogP contribution in [0.3, 0.4) is 0 Å². The lowest BCUT2D eigenvalue weighted by Gasteiger charge is -2.18. The van der Waals surface area contributed by atoms with Gasteiger partial charge in [0, 0.05) is 32.3 Å². The minimum absolute atomic E-state index is 0.248. The first-order valence-corrected chi connectivity index (χ1v) is 10.8. The second-order valence-corrected chi connectivity index (χ2v) is 9.97. The lowest BCUT2D eigenvalue weighted by atomic mass is 10.3. The zero-order chi connectivity index (χ0) is 21.1. The SMILES string of the molecule is CC(=O)Nc1ccc(S(=O)(=O)N(C)S(=O)(=O)c2ccc(NC(C)=O)cc2)cc1. The van der Waals surface area contributed by atoms with Crippen molar-refractivity contribution in [1.82, 2.24) is 3.71 Å². The van der Waals surface area contributed by atoms with Gasteiger partial charge in [-0.1, -0.05) is 3.71 Å². The van der Waals surface area contributed by atoms with Gasteiger partial charge in [0.2, 0.25) is 11.8 Å². The van der Waals surface area contributed by atoms with Gasteiger partial charge in [0.25, 0.3) is 20.0 Å². The van der Waals surface area contributed by atoms with E-state index in [0.29, 0.717) is 11.4 Å². The third kappa shape index (κ3) is 4.74. The van der Waals surface area contributed by atoms with Crippen LogP contribution in [0.2, 0.25) is 0 Å². The van der Waals surface area contributed by atoms with E-state index >= 15 is 0 Å². The number of benzene rings is 2. The van der Waals surface area contributed by atoms with Crippen LogP contribution < -0.4 is 10.6 Å². The molecule has 0 heterocycles. The Kier molecular flexibility index (Phi) is 6.22. The van der Waals surface area contributed by atoms with Crippen LogP contribution >= 0.6 is 0 Å². The molecule has 28 heavy (non-hydrogen) atoms. The quantitative estimate of drug-likeness (QED) is 0.723. The Hall–Kier alpha value is -2.76. The van der Waals surface area contributed by atoms with E-state index < -0.39 is 20.0 Å². The maximum atomic E-state index is 12.7. The van der Waals surface area contributed by atoms with Gasteiger partial charge in [-0.3, -0.25) is 9.59 Å². The van der Waals surface area contributed by atoms with Crippen molar-refractivity contribution in [3.63, 3.8) is 0 Å². The van der Waals surface area contributed by atoms with Crippen molar-refractivity contribution in [3.05, 3.63) is 48.5 Å². The van der Waals surface area contributed by atoms with Crippen molar-refractivity contribution in [3.8, 4) is 0 Å². The van der Waals surface area contributed by atoms with Gasteiger partial charge in [-0.05, 0) is 48.5 Å². The largest absolute Gasteiger partial charge is 0.326 e. The first-order valence-electron chi connectivity index (χ1n) is 7.94. The Morgan fingerprint density at radius 3 is 1.21 bits per heavy atom. The van der Waals surface area contributed by atoms with E-state index in [1.807, 2.05) is 0 Å². The number of nitrogens with zero attached hydrogens (tertiary/aromatic N) is 1. The first-order chi connectivity index (χ1) is 12.9. The van der Waals surface area contributed by atoms with Crippen molar-refractivity contribution in [2.75, 3.05) is 17.7 Å². The van der Waals surface area contributed by atoms with E-state index in [1.54, 1.807) is 0 Å². The lowest BCUT2D eigenvalue weighted by molar-refractivity contribution is -0.115. The second kappa shape index (κ2) is 8.09. The number of hydrogen-bond donors (Lipinski definition) is 2. The first kappa shape index (κ1) is 21.5. The maximum Gasteiger partial charge on any atom is 0.256 e. The van der Waals surface area contributed by atoms with Gasteiger partial charge in [-0.15, -0.1) is 0 Å².